The van der Waals surface area contributed by atoms with E-state index in [-0.39, 0.29) is 0 Å². The molecule has 0 amide bonds. The lowest BCUT2D eigenvalue weighted by Crippen LogP contribution is -2.04. The minimum Gasteiger partial charge on any atom is -0.336 e. The molecule has 0 unspecified atom stereocenters. The van der Waals surface area contributed by atoms with Gasteiger partial charge < -0.3 is 5.32 Å². The lowest BCUT2D eigenvalue weighted by atomic mass is 10.3. The second-order valence-electron chi connectivity index (χ2n) is 4.82. The van der Waals surface area contributed by atoms with Crippen molar-refractivity contribution in [3.8, 4) is 11.5 Å². The second kappa shape index (κ2) is 5.45. The Bertz CT molecular complexity index is 967. The van der Waals surface area contributed by atoms with Crippen LogP contribution in [-0.4, -0.2) is 24.6 Å². The summed E-state index contributed by atoms with van der Waals surface area (Å²) in [6.07, 6.45) is 6.14. The first-order valence-electron chi connectivity index (χ1n) is 6.94. The molecule has 7 heteroatoms. The molecule has 0 saturated heterocycles. The fourth-order valence-corrected chi connectivity index (χ4v) is 2.23. The molecular weight excluding hydrogens is 295 g/mol. The predicted octanol–water partition coefficient (Wildman–Crippen LogP) is 3.07. The molecule has 0 aliphatic heterocycles. The SMILES string of the molecule is Fc1cnccc1Nc1nc(-c2ccccn2)nn2cccc12. The first kappa shape index (κ1) is 13.3. The van der Waals surface area contributed by atoms with E-state index in [1.807, 2.05) is 30.3 Å². The lowest BCUT2D eigenvalue weighted by Gasteiger charge is -2.10. The van der Waals surface area contributed by atoms with Crippen molar-refractivity contribution in [3.63, 3.8) is 0 Å². The van der Waals surface area contributed by atoms with Gasteiger partial charge in [-0.05, 0) is 30.3 Å². The van der Waals surface area contributed by atoms with E-state index < -0.39 is 5.82 Å². The van der Waals surface area contributed by atoms with E-state index in [0.29, 0.717) is 23.0 Å². The van der Waals surface area contributed by atoms with Gasteiger partial charge in [-0.25, -0.2) is 13.9 Å². The van der Waals surface area contributed by atoms with E-state index in [2.05, 4.69) is 25.4 Å². The molecule has 0 atom stereocenters. The van der Waals surface area contributed by atoms with Crippen LogP contribution < -0.4 is 5.32 Å². The van der Waals surface area contributed by atoms with Gasteiger partial charge in [-0.2, -0.15) is 0 Å². The first-order valence-corrected chi connectivity index (χ1v) is 6.94. The smallest absolute Gasteiger partial charge is 0.200 e. The van der Waals surface area contributed by atoms with Gasteiger partial charge in [0, 0.05) is 18.6 Å². The van der Waals surface area contributed by atoms with Crippen LogP contribution in [0.25, 0.3) is 17.0 Å². The molecule has 4 aromatic heterocycles. The van der Waals surface area contributed by atoms with E-state index in [0.717, 1.165) is 11.7 Å². The maximum atomic E-state index is 13.8. The van der Waals surface area contributed by atoms with Gasteiger partial charge in [0.25, 0.3) is 0 Å². The molecule has 1 N–H and O–H groups in total. The number of nitrogens with zero attached hydrogens (tertiary/aromatic N) is 5. The molecule has 112 valence electrons. The summed E-state index contributed by atoms with van der Waals surface area (Å²) in [5.41, 5.74) is 1.68. The fraction of sp³-hybridized carbons (Fsp3) is 0. The Balaban J connectivity index is 1.85. The van der Waals surface area contributed by atoms with Gasteiger partial charge in [0.15, 0.2) is 11.6 Å². The zero-order chi connectivity index (χ0) is 15.6. The molecule has 0 fully saturated rings. The van der Waals surface area contributed by atoms with Crippen molar-refractivity contribution in [1.29, 1.82) is 0 Å². The standard InChI is InChI=1S/C16H11FN6/c17-11-10-18-8-6-12(11)20-16-14-5-3-9-23(14)22-15(21-16)13-4-1-2-7-19-13/h1-10H,(H,18,20,21,22). The van der Waals surface area contributed by atoms with Crippen molar-refractivity contribution < 1.29 is 4.39 Å². The molecule has 4 rings (SSSR count). The zero-order valence-corrected chi connectivity index (χ0v) is 11.9. The minimum absolute atomic E-state index is 0.300. The monoisotopic (exact) mass is 306 g/mol. The number of aromatic nitrogens is 5. The average molecular weight is 306 g/mol. The van der Waals surface area contributed by atoms with E-state index >= 15 is 0 Å². The van der Waals surface area contributed by atoms with E-state index in [1.54, 1.807) is 23.0 Å². The zero-order valence-electron chi connectivity index (χ0n) is 11.9. The summed E-state index contributed by atoms with van der Waals surface area (Å²) in [6.45, 7) is 0. The van der Waals surface area contributed by atoms with Crippen LogP contribution in [0.15, 0.2) is 61.2 Å². The summed E-state index contributed by atoms with van der Waals surface area (Å²) in [5, 5.41) is 7.42. The molecule has 0 bridgehead atoms. The van der Waals surface area contributed by atoms with Crippen molar-refractivity contribution in [2.45, 2.75) is 0 Å². The van der Waals surface area contributed by atoms with Crippen molar-refractivity contribution in [2.75, 3.05) is 5.32 Å². The Kier molecular flexibility index (Phi) is 3.16. The number of rotatable bonds is 3. The Morgan fingerprint density at radius 1 is 1.04 bits per heavy atom. The van der Waals surface area contributed by atoms with Crippen LogP contribution in [0, 0.1) is 5.82 Å². The number of hydrogen-bond donors (Lipinski definition) is 1. The molecule has 4 heterocycles. The Hall–Kier alpha value is -3.35. The van der Waals surface area contributed by atoms with Gasteiger partial charge >= 0.3 is 0 Å². The Morgan fingerprint density at radius 2 is 2.00 bits per heavy atom. The minimum atomic E-state index is -0.449. The number of halogens is 1. The highest BCUT2D eigenvalue weighted by atomic mass is 19.1. The van der Waals surface area contributed by atoms with Crippen molar-refractivity contribution in [2.24, 2.45) is 0 Å². The summed E-state index contributed by atoms with van der Waals surface area (Å²) in [5.74, 6) is 0.497. The van der Waals surface area contributed by atoms with Crippen LogP contribution in [0.4, 0.5) is 15.9 Å². The first-order chi connectivity index (χ1) is 11.3. The maximum absolute atomic E-state index is 13.8. The molecular formula is C16H11FN6. The van der Waals surface area contributed by atoms with E-state index in [9.17, 15) is 4.39 Å². The predicted molar refractivity (Wildman–Crippen MR) is 83.7 cm³/mol. The van der Waals surface area contributed by atoms with Gasteiger partial charge in [-0.3, -0.25) is 9.97 Å². The molecule has 4 aromatic rings. The number of pyridine rings is 2. The molecule has 6 nitrogen and oxygen atoms in total. The largest absolute Gasteiger partial charge is 0.336 e. The van der Waals surface area contributed by atoms with Crippen LogP contribution in [0.5, 0.6) is 0 Å². The molecule has 0 radical (unpaired) electrons. The number of anilines is 2. The van der Waals surface area contributed by atoms with Gasteiger partial charge in [-0.15, -0.1) is 5.10 Å². The normalized spacial score (nSPS) is 10.8. The highest BCUT2D eigenvalue weighted by molar-refractivity contribution is 5.74. The third-order valence-corrected chi connectivity index (χ3v) is 3.31. The fourth-order valence-electron chi connectivity index (χ4n) is 2.23. The van der Waals surface area contributed by atoms with Gasteiger partial charge in [0.1, 0.15) is 11.2 Å². The molecule has 23 heavy (non-hydrogen) atoms. The highest BCUT2D eigenvalue weighted by Gasteiger charge is 2.12. The van der Waals surface area contributed by atoms with Crippen LogP contribution in [-0.2, 0) is 0 Å². The number of fused-ring (bicyclic) bond motifs is 1. The van der Waals surface area contributed by atoms with Gasteiger partial charge in [0.2, 0.25) is 5.82 Å². The molecule has 0 spiro atoms. The van der Waals surface area contributed by atoms with Crippen LogP contribution in [0.2, 0.25) is 0 Å². The maximum Gasteiger partial charge on any atom is 0.200 e. The highest BCUT2D eigenvalue weighted by Crippen LogP contribution is 2.23. The van der Waals surface area contributed by atoms with Crippen molar-refractivity contribution >= 4 is 17.0 Å². The average Bonchev–Trinajstić information content (AvgIpc) is 3.06. The summed E-state index contributed by atoms with van der Waals surface area (Å²) >= 11 is 0. The summed E-state index contributed by atoms with van der Waals surface area (Å²) < 4.78 is 15.5. The molecule has 0 aliphatic rings. The van der Waals surface area contributed by atoms with Crippen molar-refractivity contribution in [3.05, 3.63) is 67.0 Å². The molecule has 0 aromatic carbocycles. The van der Waals surface area contributed by atoms with Crippen LogP contribution >= 0.6 is 0 Å². The number of nitrogens with one attached hydrogen (secondary N) is 1. The Morgan fingerprint density at radius 3 is 2.83 bits per heavy atom. The van der Waals surface area contributed by atoms with Crippen molar-refractivity contribution in [1.82, 2.24) is 24.6 Å². The van der Waals surface area contributed by atoms with Crippen LogP contribution in [0.1, 0.15) is 0 Å². The summed E-state index contributed by atoms with van der Waals surface area (Å²) in [4.78, 5) is 12.5. The number of hydrogen-bond acceptors (Lipinski definition) is 5. The lowest BCUT2D eigenvalue weighted by molar-refractivity contribution is 0.625. The summed E-state index contributed by atoms with van der Waals surface area (Å²) in [7, 11) is 0. The Labute approximate surface area is 130 Å². The quantitative estimate of drug-likeness (QED) is 0.630. The second-order valence-corrected chi connectivity index (χ2v) is 4.82. The summed E-state index contributed by atoms with van der Waals surface area (Å²) in [6, 6.07) is 10.8. The third-order valence-electron chi connectivity index (χ3n) is 3.31. The van der Waals surface area contributed by atoms with Gasteiger partial charge in [0.05, 0.1) is 11.9 Å². The third kappa shape index (κ3) is 2.48. The van der Waals surface area contributed by atoms with Gasteiger partial charge in [-0.1, -0.05) is 6.07 Å². The molecule has 0 saturated carbocycles. The van der Waals surface area contributed by atoms with E-state index in [1.165, 1.54) is 6.20 Å². The molecule has 0 aliphatic carbocycles. The topological polar surface area (TPSA) is 68.0 Å². The van der Waals surface area contributed by atoms with Crippen LogP contribution in [0.3, 0.4) is 0 Å². The van der Waals surface area contributed by atoms with E-state index in [4.69, 9.17) is 0 Å².